The van der Waals surface area contributed by atoms with Gasteiger partial charge in [0.25, 0.3) is 0 Å². The van der Waals surface area contributed by atoms with Crippen LogP contribution in [0.2, 0.25) is 0 Å². The largest absolute Gasteiger partial charge is 0.479 e. The predicted octanol–water partition coefficient (Wildman–Crippen LogP) is 1.97. The highest BCUT2D eigenvalue weighted by Crippen LogP contribution is 2.26. The Hall–Kier alpha value is -2.41. The Morgan fingerprint density at radius 3 is 2.52 bits per heavy atom. The first kappa shape index (κ1) is 15.0. The van der Waals surface area contributed by atoms with Gasteiger partial charge in [0.05, 0.1) is 7.11 Å². The Morgan fingerprint density at radius 2 is 1.90 bits per heavy atom. The van der Waals surface area contributed by atoms with E-state index in [9.17, 15) is 4.39 Å². The maximum Gasteiger partial charge on any atom is 0.242 e. The van der Waals surface area contributed by atoms with Crippen molar-refractivity contribution in [3.8, 4) is 5.88 Å². The highest BCUT2D eigenvalue weighted by Gasteiger charge is 2.12. The molecule has 7 heteroatoms. The third kappa shape index (κ3) is 3.79. The zero-order valence-electron chi connectivity index (χ0n) is 11.9. The van der Waals surface area contributed by atoms with Gasteiger partial charge in [-0.25, -0.2) is 9.37 Å². The summed E-state index contributed by atoms with van der Waals surface area (Å²) in [5.41, 5.74) is 7.16. The molecule has 112 valence electrons. The van der Waals surface area contributed by atoms with Crippen molar-refractivity contribution in [1.29, 1.82) is 0 Å². The van der Waals surface area contributed by atoms with Crippen LogP contribution in [0.5, 0.6) is 5.88 Å². The standard InChI is InChI=1S/C14H17FN4O2/c1-20-8-11-18-13(12(16)14(19-11)21-2)17-7-9-3-5-10(15)6-4-9/h3-6H,7-8,16H2,1-2H3,(H,17,18,19). The number of nitrogens with one attached hydrogen (secondary N) is 1. The molecule has 6 nitrogen and oxygen atoms in total. The lowest BCUT2D eigenvalue weighted by atomic mass is 10.2. The van der Waals surface area contributed by atoms with Gasteiger partial charge >= 0.3 is 0 Å². The van der Waals surface area contributed by atoms with Crippen molar-refractivity contribution in [1.82, 2.24) is 9.97 Å². The lowest BCUT2D eigenvalue weighted by Crippen LogP contribution is -2.10. The Morgan fingerprint density at radius 1 is 1.19 bits per heavy atom. The van der Waals surface area contributed by atoms with Gasteiger partial charge in [-0.1, -0.05) is 12.1 Å². The topological polar surface area (TPSA) is 82.3 Å². The molecular formula is C14H17FN4O2. The summed E-state index contributed by atoms with van der Waals surface area (Å²) in [6.45, 7) is 0.707. The molecular weight excluding hydrogens is 275 g/mol. The van der Waals surface area contributed by atoms with Gasteiger partial charge in [-0.05, 0) is 17.7 Å². The van der Waals surface area contributed by atoms with Gasteiger partial charge in [0.2, 0.25) is 5.88 Å². The number of rotatable bonds is 6. The number of ether oxygens (including phenoxy) is 2. The fraction of sp³-hybridized carbons (Fsp3) is 0.286. The first-order chi connectivity index (χ1) is 10.1. The molecule has 0 bridgehead atoms. The van der Waals surface area contributed by atoms with Crippen LogP contribution in [0.25, 0.3) is 0 Å². The van der Waals surface area contributed by atoms with Crippen molar-refractivity contribution < 1.29 is 13.9 Å². The molecule has 3 N–H and O–H groups in total. The number of nitrogens with zero attached hydrogens (tertiary/aromatic N) is 2. The molecule has 1 heterocycles. The van der Waals surface area contributed by atoms with Gasteiger partial charge in [0.1, 0.15) is 18.1 Å². The second kappa shape index (κ2) is 6.85. The van der Waals surface area contributed by atoms with Gasteiger partial charge in [-0.2, -0.15) is 4.98 Å². The highest BCUT2D eigenvalue weighted by molar-refractivity contribution is 5.66. The molecule has 0 aliphatic carbocycles. The minimum atomic E-state index is -0.274. The molecule has 0 aliphatic rings. The molecule has 2 rings (SSSR count). The second-order valence-electron chi connectivity index (χ2n) is 4.32. The molecule has 0 aliphatic heterocycles. The molecule has 2 aromatic rings. The Kier molecular flexibility index (Phi) is 4.89. The van der Waals surface area contributed by atoms with Crippen LogP contribution < -0.4 is 15.8 Å². The monoisotopic (exact) mass is 292 g/mol. The van der Waals surface area contributed by atoms with Gasteiger partial charge in [-0.15, -0.1) is 0 Å². The lowest BCUT2D eigenvalue weighted by Gasteiger charge is -2.12. The van der Waals surface area contributed by atoms with E-state index in [1.165, 1.54) is 19.2 Å². The summed E-state index contributed by atoms with van der Waals surface area (Å²) in [4.78, 5) is 8.41. The van der Waals surface area contributed by atoms with Crippen LogP contribution in [0.1, 0.15) is 11.4 Å². The van der Waals surface area contributed by atoms with Crippen molar-refractivity contribution in [3.63, 3.8) is 0 Å². The maximum absolute atomic E-state index is 12.9. The molecule has 0 unspecified atom stereocenters. The SMILES string of the molecule is COCc1nc(NCc2ccc(F)cc2)c(N)c(OC)n1. The van der Waals surface area contributed by atoms with E-state index in [4.69, 9.17) is 15.2 Å². The second-order valence-corrected chi connectivity index (χ2v) is 4.32. The van der Waals surface area contributed by atoms with Crippen LogP contribution >= 0.6 is 0 Å². The lowest BCUT2D eigenvalue weighted by molar-refractivity contribution is 0.177. The van der Waals surface area contributed by atoms with E-state index in [1.54, 1.807) is 19.2 Å². The summed E-state index contributed by atoms with van der Waals surface area (Å²) in [6.07, 6.45) is 0. The molecule has 0 fully saturated rings. The van der Waals surface area contributed by atoms with Crippen molar-refractivity contribution in [2.75, 3.05) is 25.3 Å². The smallest absolute Gasteiger partial charge is 0.242 e. The van der Waals surface area contributed by atoms with E-state index < -0.39 is 0 Å². The Labute approximate surface area is 122 Å². The molecule has 21 heavy (non-hydrogen) atoms. The van der Waals surface area contributed by atoms with Crippen LogP contribution in [-0.2, 0) is 17.9 Å². The molecule has 0 saturated heterocycles. The van der Waals surface area contributed by atoms with Crippen LogP contribution in [-0.4, -0.2) is 24.2 Å². The molecule has 0 radical (unpaired) electrons. The number of anilines is 2. The molecule has 1 aromatic heterocycles. The Balaban J connectivity index is 2.17. The van der Waals surface area contributed by atoms with Gasteiger partial charge in [0, 0.05) is 13.7 Å². The van der Waals surface area contributed by atoms with E-state index >= 15 is 0 Å². The summed E-state index contributed by atoms with van der Waals surface area (Å²) in [6, 6.07) is 6.18. The number of benzene rings is 1. The summed E-state index contributed by atoms with van der Waals surface area (Å²) in [5.74, 6) is 0.936. The fourth-order valence-electron chi connectivity index (χ4n) is 1.77. The number of nitrogens with two attached hydrogens (primary N) is 1. The summed E-state index contributed by atoms with van der Waals surface area (Å²) in [5, 5.41) is 3.09. The quantitative estimate of drug-likeness (QED) is 0.847. The van der Waals surface area contributed by atoms with Crippen molar-refractivity contribution in [2.24, 2.45) is 0 Å². The van der Waals surface area contributed by atoms with Crippen LogP contribution in [0.15, 0.2) is 24.3 Å². The van der Waals surface area contributed by atoms with E-state index in [1.807, 2.05) is 0 Å². The van der Waals surface area contributed by atoms with E-state index in [-0.39, 0.29) is 12.4 Å². The Bertz CT molecular complexity index is 605. The van der Waals surface area contributed by atoms with E-state index in [0.29, 0.717) is 29.8 Å². The van der Waals surface area contributed by atoms with Gasteiger partial charge < -0.3 is 20.5 Å². The van der Waals surface area contributed by atoms with Crippen LogP contribution in [0.4, 0.5) is 15.9 Å². The van der Waals surface area contributed by atoms with Crippen LogP contribution in [0, 0.1) is 5.82 Å². The summed E-state index contributed by atoms with van der Waals surface area (Å²) < 4.78 is 23.0. The van der Waals surface area contributed by atoms with E-state index in [0.717, 1.165) is 5.56 Å². The molecule has 0 amide bonds. The number of hydrogen-bond donors (Lipinski definition) is 2. The molecule has 1 aromatic carbocycles. The van der Waals surface area contributed by atoms with Crippen molar-refractivity contribution in [3.05, 3.63) is 41.5 Å². The number of nitrogen functional groups attached to an aromatic ring is 1. The zero-order chi connectivity index (χ0) is 15.2. The number of aromatic nitrogens is 2. The molecule has 0 atom stereocenters. The summed E-state index contributed by atoms with van der Waals surface area (Å²) in [7, 11) is 3.04. The number of hydrogen-bond acceptors (Lipinski definition) is 6. The maximum atomic E-state index is 12.9. The first-order valence-electron chi connectivity index (χ1n) is 6.31. The first-order valence-corrected chi connectivity index (χ1v) is 6.31. The molecule has 0 spiro atoms. The molecule has 0 saturated carbocycles. The van der Waals surface area contributed by atoms with E-state index in [2.05, 4.69) is 15.3 Å². The minimum absolute atomic E-state index is 0.252. The van der Waals surface area contributed by atoms with Crippen LogP contribution in [0.3, 0.4) is 0 Å². The average Bonchev–Trinajstić information content (AvgIpc) is 2.49. The van der Waals surface area contributed by atoms with Gasteiger partial charge in [0.15, 0.2) is 11.6 Å². The third-order valence-electron chi connectivity index (χ3n) is 2.80. The minimum Gasteiger partial charge on any atom is -0.479 e. The summed E-state index contributed by atoms with van der Waals surface area (Å²) >= 11 is 0. The number of halogens is 1. The van der Waals surface area contributed by atoms with Crippen molar-refractivity contribution in [2.45, 2.75) is 13.2 Å². The van der Waals surface area contributed by atoms with Gasteiger partial charge in [-0.3, -0.25) is 0 Å². The zero-order valence-corrected chi connectivity index (χ0v) is 11.9. The average molecular weight is 292 g/mol. The highest BCUT2D eigenvalue weighted by atomic mass is 19.1. The fourth-order valence-corrected chi connectivity index (χ4v) is 1.77. The predicted molar refractivity (Wildman–Crippen MR) is 77.4 cm³/mol. The third-order valence-corrected chi connectivity index (χ3v) is 2.80. The normalized spacial score (nSPS) is 10.4. The van der Waals surface area contributed by atoms with Crippen molar-refractivity contribution >= 4 is 11.5 Å². The number of methoxy groups -OCH3 is 2.